The largest absolute Gasteiger partial charge is 0.312 e. The van der Waals surface area contributed by atoms with Crippen molar-refractivity contribution in [2.24, 2.45) is 11.8 Å². The van der Waals surface area contributed by atoms with Gasteiger partial charge in [-0.2, -0.15) is 0 Å². The van der Waals surface area contributed by atoms with Crippen LogP contribution in [0.4, 0.5) is 8.78 Å². The van der Waals surface area contributed by atoms with Crippen LogP contribution in [0.1, 0.15) is 24.8 Å². The summed E-state index contributed by atoms with van der Waals surface area (Å²) in [6, 6.07) is 3.96. The zero-order valence-corrected chi connectivity index (χ0v) is 11.0. The molecule has 1 aliphatic carbocycles. The van der Waals surface area contributed by atoms with Crippen molar-refractivity contribution in [3.05, 3.63) is 35.4 Å². The second-order valence-electron chi connectivity index (χ2n) is 4.94. The molecule has 0 aliphatic heterocycles. The molecule has 1 nitrogen and oxygen atoms in total. The molecule has 4 heteroatoms. The molecule has 0 aromatic heterocycles. The third-order valence-corrected chi connectivity index (χ3v) is 4.18. The van der Waals surface area contributed by atoms with Gasteiger partial charge >= 0.3 is 0 Å². The lowest BCUT2D eigenvalue weighted by Gasteiger charge is -2.17. The molecule has 1 aliphatic rings. The Labute approximate surface area is 112 Å². The van der Waals surface area contributed by atoms with Crippen molar-refractivity contribution in [3.63, 3.8) is 0 Å². The van der Waals surface area contributed by atoms with Crippen molar-refractivity contribution in [1.82, 2.24) is 5.32 Å². The van der Waals surface area contributed by atoms with E-state index in [1.54, 1.807) is 0 Å². The number of hydrogen-bond donors (Lipinski definition) is 1. The van der Waals surface area contributed by atoms with Crippen LogP contribution < -0.4 is 5.32 Å². The van der Waals surface area contributed by atoms with E-state index in [0.717, 1.165) is 13.0 Å². The summed E-state index contributed by atoms with van der Waals surface area (Å²) in [4.78, 5) is 0. The number of nitrogens with one attached hydrogen (secondary N) is 1. The zero-order valence-electron chi connectivity index (χ0n) is 10.3. The second kappa shape index (κ2) is 6.48. The smallest absolute Gasteiger partial charge is 0.130 e. The molecule has 18 heavy (non-hydrogen) atoms. The number of rotatable bonds is 5. The maximum Gasteiger partial charge on any atom is 0.130 e. The summed E-state index contributed by atoms with van der Waals surface area (Å²) in [6.07, 6.45) is 3.53. The van der Waals surface area contributed by atoms with Gasteiger partial charge in [-0.3, -0.25) is 0 Å². The van der Waals surface area contributed by atoms with Crippen LogP contribution in [0.5, 0.6) is 0 Å². The van der Waals surface area contributed by atoms with Gasteiger partial charge in [0.2, 0.25) is 0 Å². The van der Waals surface area contributed by atoms with Gasteiger partial charge in [0.05, 0.1) is 0 Å². The summed E-state index contributed by atoms with van der Waals surface area (Å²) >= 11 is 5.90. The molecule has 0 bridgehead atoms. The summed E-state index contributed by atoms with van der Waals surface area (Å²) in [7, 11) is 0. The third-order valence-electron chi connectivity index (χ3n) is 3.78. The maximum absolute atomic E-state index is 13.4. The van der Waals surface area contributed by atoms with Gasteiger partial charge in [0.25, 0.3) is 0 Å². The first-order chi connectivity index (χ1) is 8.72. The Morgan fingerprint density at radius 3 is 2.50 bits per heavy atom. The molecule has 1 fully saturated rings. The molecule has 2 unspecified atom stereocenters. The summed E-state index contributed by atoms with van der Waals surface area (Å²) < 4.78 is 26.8. The molecule has 0 heterocycles. The van der Waals surface area contributed by atoms with Crippen molar-refractivity contribution in [3.8, 4) is 0 Å². The fourth-order valence-corrected chi connectivity index (χ4v) is 3.08. The first kappa shape index (κ1) is 13.8. The number of alkyl halides is 1. The van der Waals surface area contributed by atoms with Gasteiger partial charge in [0.1, 0.15) is 11.6 Å². The van der Waals surface area contributed by atoms with Crippen LogP contribution in [0, 0.1) is 23.5 Å². The van der Waals surface area contributed by atoms with Gasteiger partial charge < -0.3 is 5.32 Å². The number of hydrogen-bond acceptors (Lipinski definition) is 1. The molecular formula is C14H18ClF2N. The molecule has 2 atom stereocenters. The van der Waals surface area contributed by atoms with E-state index >= 15 is 0 Å². The lowest BCUT2D eigenvalue weighted by molar-refractivity contribution is 0.391. The number of benzene rings is 1. The Bertz CT molecular complexity index is 377. The first-order valence-electron chi connectivity index (χ1n) is 6.42. The van der Waals surface area contributed by atoms with E-state index in [1.165, 1.54) is 31.0 Å². The first-order valence-corrected chi connectivity index (χ1v) is 6.95. The Morgan fingerprint density at radius 1 is 1.17 bits per heavy atom. The van der Waals surface area contributed by atoms with Crippen LogP contribution in [0.2, 0.25) is 0 Å². The average molecular weight is 274 g/mol. The molecule has 1 aromatic carbocycles. The lowest BCUT2D eigenvalue weighted by atomic mass is 9.98. The lowest BCUT2D eigenvalue weighted by Crippen LogP contribution is -2.26. The predicted molar refractivity (Wildman–Crippen MR) is 69.6 cm³/mol. The molecule has 0 spiro atoms. The quantitative estimate of drug-likeness (QED) is 0.807. The van der Waals surface area contributed by atoms with Crippen molar-refractivity contribution < 1.29 is 8.78 Å². The van der Waals surface area contributed by atoms with Gasteiger partial charge in [-0.15, -0.1) is 11.6 Å². The molecule has 2 rings (SSSR count). The van der Waals surface area contributed by atoms with E-state index in [4.69, 9.17) is 11.6 Å². The highest BCUT2D eigenvalue weighted by atomic mass is 35.5. The van der Waals surface area contributed by atoms with E-state index < -0.39 is 11.6 Å². The maximum atomic E-state index is 13.4. The SMILES string of the molecule is Fc1cccc(F)c1CNCC1CCCC1CCl. The Balaban J connectivity index is 1.85. The fraction of sp³-hybridized carbons (Fsp3) is 0.571. The summed E-state index contributed by atoms with van der Waals surface area (Å²) in [5.41, 5.74) is 0.123. The van der Waals surface area contributed by atoms with E-state index in [2.05, 4.69) is 5.32 Å². The minimum Gasteiger partial charge on any atom is -0.312 e. The Kier molecular flexibility index (Phi) is 4.95. The van der Waals surface area contributed by atoms with Crippen LogP contribution in [0.25, 0.3) is 0 Å². The average Bonchev–Trinajstić information content (AvgIpc) is 2.80. The molecule has 1 aromatic rings. The van der Waals surface area contributed by atoms with Crippen LogP contribution in [-0.4, -0.2) is 12.4 Å². The normalized spacial score (nSPS) is 23.5. The van der Waals surface area contributed by atoms with Crippen LogP contribution >= 0.6 is 11.6 Å². The van der Waals surface area contributed by atoms with Gasteiger partial charge in [0, 0.05) is 18.0 Å². The molecule has 1 saturated carbocycles. The highest BCUT2D eigenvalue weighted by molar-refractivity contribution is 6.18. The predicted octanol–water partition coefficient (Wildman–Crippen LogP) is 3.71. The standard InChI is InChI=1S/C14H18ClF2N/c15-7-10-3-1-4-11(10)8-18-9-12-13(16)5-2-6-14(12)17/h2,5-6,10-11,18H,1,3-4,7-9H2. The van der Waals surface area contributed by atoms with Crippen LogP contribution in [0.3, 0.4) is 0 Å². The van der Waals surface area contributed by atoms with Gasteiger partial charge in [-0.1, -0.05) is 12.5 Å². The van der Waals surface area contributed by atoms with E-state index in [1.807, 2.05) is 0 Å². The van der Waals surface area contributed by atoms with Gasteiger partial charge in [0.15, 0.2) is 0 Å². The molecule has 0 saturated heterocycles. The molecule has 1 N–H and O–H groups in total. The molecule has 100 valence electrons. The van der Waals surface area contributed by atoms with E-state index in [-0.39, 0.29) is 12.1 Å². The zero-order chi connectivity index (χ0) is 13.0. The van der Waals surface area contributed by atoms with Crippen molar-refractivity contribution in [2.75, 3.05) is 12.4 Å². The van der Waals surface area contributed by atoms with E-state index in [0.29, 0.717) is 17.7 Å². The van der Waals surface area contributed by atoms with Gasteiger partial charge in [-0.05, 0) is 43.4 Å². The molecule has 0 amide bonds. The fourth-order valence-electron chi connectivity index (χ4n) is 2.67. The summed E-state index contributed by atoms with van der Waals surface area (Å²) in [5.74, 6) is 0.799. The van der Waals surface area contributed by atoms with Gasteiger partial charge in [-0.25, -0.2) is 8.78 Å². The minimum atomic E-state index is -0.484. The minimum absolute atomic E-state index is 0.123. The molecule has 0 radical (unpaired) electrons. The van der Waals surface area contributed by atoms with Crippen LogP contribution in [0.15, 0.2) is 18.2 Å². The summed E-state index contributed by atoms with van der Waals surface area (Å²) in [5, 5.41) is 3.15. The third kappa shape index (κ3) is 3.21. The van der Waals surface area contributed by atoms with Crippen LogP contribution in [-0.2, 0) is 6.54 Å². The number of halogens is 3. The second-order valence-corrected chi connectivity index (χ2v) is 5.25. The highest BCUT2D eigenvalue weighted by Crippen LogP contribution is 2.32. The van der Waals surface area contributed by atoms with Crippen molar-refractivity contribution in [2.45, 2.75) is 25.8 Å². The monoisotopic (exact) mass is 273 g/mol. The Hall–Kier alpha value is -0.670. The topological polar surface area (TPSA) is 12.0 Å². The van der Waals surface area contributed by atoms with E-state index in [9.17, 15) is 8.78 Å². The summed E-state index contributed by atoms with van der Waals surface area (Å²) in [6.45, 7) is 1.02. The highest BCUT2D eigenvalue weighted by Gasteiger charge is 2.25. The molecular weight excluding hydrogens is 256 g/mol. The Morgan fingerprint density at radius 2 is 1.83 bits per heavy atom. The van der Waals surface area contributed by atoms with Crippen molar-refractivity contribution >= 4 is 11.6 Å². The van der Waals surface area contributed by atoms with Crippen molar-refractivity contribution in [1.29, 1.82) is 0 Å².